The second kappa shape index (κ2) is 52.8. The Balaban J connectivity index is 1.40. The van der Waals surface area contributed by atoms with Crippen LogP contribution < -0.4 is 5.32 Å². The second-order valence-electron chi connectivity index (χ2n) is 26.4. The van der Waals surface area contributed by atoms with Gasteiger partial charge in [0.1, 0.15) is 73.2 Å². The van der Waals surface area contributed by atoms with Crippen molar-refractivity contribution in [1.82, 2.24) is 5.32 Å². The molecule has 0 saturated carbocycles. The second-order valence-corrected chi connectivity index (χ2v) is 26.4. The van der Waals surface area contributed by atoms with Crippen molar-refractivity contribution in [3.05, 3.63) is 12.2 Å². The Labute approximate surface area is 537 Å². The van der Waals surface area contributed by atoms with Gasteiger partial charge in [-0.1, -0.05) is 283 Å². The highest BCUT2D eigenvalue weighted by Gasteiger charge is 2.53. The van der Waals surface area contributed by atoms with E-state index >= 15 is 0 Å². The third-order valence-corrected chi connectivity index (χ3v) is 18.6. The molecule has 0 aromatic rings. The van der Waals surface area contributed by atoms with E-state index in [4.69, 9.17) is 28.4 Å². The average molecular weight is 1280 g/mol. The zero-order valence-corrected chi connectivity index (χ0v) is 55.7. The number of carbonyl (C=O) groups excluding carboxylic acids is 1. The molecule has 1 amide bonds. The smallest absolute Gasteiger partial charge is 0.220 e. The number of unbranched alkanes of at least 4 members (excludes halogenated alkanes) is 41. The van der Waals surface area contributed by atoms with Gasteiger partial charge >= 0.3 is 0 Å². The third kappa shape index (κ3) is 34.7. The molecule has 19 heteroatoms. The number of ether oxygens (including phenoxy) is 6. The van der Waals surface area contributed by atoms with Crippen LogP contribution in [0.3, 0.4) is 0 Å². The SMILES string of the molecule is CCCCCCCCCCCCCCCCCCCCCCCCCCCC/C=C/C(O)C(COC1OC(CO)C(OC2OC(CO)C(OC3OC(CO)C(O)C(O)C3O)C(O)C2O)C(O)C1O)NC(=O)CCCCCCCCCCCCCCCCCC. The molecule has 17 atom stereocenters. The Kier molecular flexibility index (Phi) is 48.5. The van der Waals surface area contributed by atoms with Gasteiger partial charge in [0, 0.05) is 6.42 Å². The molecule has 3 aliphatic heterocycles. The van der Waals surface area contributed by atoms with Crippen LogP contribution in [0.2, 0.25) is 0 Å². The van der Waals surface area contributed by atoms with Crippen molar-refractivity contribution in [1.29, 1.82) is 0 Å². The first kappa shape index (κ1) is 81.8. The summed E-state index contributed by atoms with van der Waals surface area (Å²) in [5, 5.41) is 121. The molecule has 526 valence electrons. The number of aliphatic hydroxyl groups is 11. The lowest BCUT2D eigenvalue weighted by Gasteiger charge is -2.48. The van der Waals surface area contributed by atoms with E-state index < -0.39 is 124 Å². The van der Waals surface area contributed by atoms with Crippen molar-refractivity contribution in [2.24, 2.45) is 0 Å². The molecule has 3 fully saturated rings. The summed E-state index contributed by atoms with van der Waals surface area (Å²) in [7, 11) is 0. The molecule has 3 heterocycles. The molecule has 3 aliphatic rings. The summed E-state index contributed by atoms with van der Waals surface area (Å²) in [6, 6.07) is -0.968. The fourth-order valence-electron chi connectivity index (χ4n) is 12.7. The zero-order valence-electron chi connectivity index (χ0n) is 55.7. The lowest BCUT2D eigenvalue weighted by atomic mass is 9.96. The van der Waals surface area contributed by atoms with Crippen LogP contribution in [-0.4, -0.2) is 193 Å². The minimum absolute atomic E-state index is 0.249. The molecule has 89 heavy (non-hydrogen) atoms. The van der Waals surface area contributed by atoms with Crippen LogP contribution in [0.4, 0.5) is 0 Å². The Hall–Kier alpha value is -1.47. The number of carbonyl (C=O) groups is 1. The summed E-state index contributed by atoms with van der Waals surface area (Å²) < 4.78 is 34.4. The predicted octanol–water partition coefficient (Wildman–Crippen LogP) is 10.1. The van der Waals surface area contributed by atoms with Gasteiger partial charge in [-0.15, -0.1) is 0 Å². The zero-order chi connectivity index (χ0) is 64.7. The maximum atomic E-state index is 13.4. The van der Waals surface area contributed by atoms with E-state index in [-0.39, 0.29) is 18.9 Å². The number of nitrogens with one attached hydrogen (secondary N) is 1. The lowest BCUT2D eigenvalue weighted by molar-refractivity contribution is -0.379. The van der Waals surface area contributed by atoms with Crippen LogP contribution in [0.1, 0.15) is 296 Å². The minimum atomic E-state index is -1.98. The van der Waals surface area contributed by atoms with Crippen LogP contribution in [0, 0.1) is 0 Å². The van der Waals surface area contributed by atoms with Crippen LogP contribution in [0.5, 0.6) is 0 Å². The van der Waals surface area contributed by atoms with Gasteiger partial charge in [0.25, 0.3) is 0 Å². The Bertz CT molecular complexity index is 1670. The molecular weight excluding hydrogens is 1140 g/mol. The normalized spacial score (nSPS) is 28.2. The van der Waals surface area contributed by atoms with E-state index in [2.05, 4.69) is 19.2 Å². The summed E-state index contributed by atoms with van der Waals surface area (Å²) in [5.74, 6) is -0.270. The van der Waals surface area contributed by atoms with E-state index in [1.54, 1.807) is 6.08 Å². The van der Waals surface area contributed by atoms with E-state index in [0.717, 1.165) is 44.9 Å². The standard InChI is InChI=1S/C70H133NO18/c1-3-5-7-9-11-13-15-17-19-21-22-23-24-25-26-27-28-29-30-31-32-33-35-37-39-41-43-45-47-54(75)53(71-58(76)48-46-44-42-40-38-36-34-20-18-16-14-12-10-8-6-4-2)52-84-68-64(82)61(79)66(56(50-73)86-68)89-70-65(83)62(80)67(57(51-74)87-70)88-69-63(81)60(78)59(77)55(49-72)85-69/h45,47,53-57,59-70,72-75,77-83H,3-44,46,48-52H2,1-2H3,(H,71,76)/b47-45+. The molecule has 0 aromatic heterocycles. The van der Waals surface area contributed by atoms with Crippen LogP contribution in [-0.2, 0) is 33.2 Å². The van der Waals surface area contributed by atoms with Crippen LogP contribution in [0.15, 0.2) is 12.2 Å². The van der Waals surface area contributed by atoms with Crippen molar-refractivity contribution in [3.63, 3.8) is 0 Å². The van der Waals surface area contributed by atoms with Crippen LogP contribution >= 0.6 is 0 Å². The van der Waals surface area contributed by atoms with Gasteiger partial charge in [-0.3, -0.25) is 4.79 Å². The van der Waals surface area contributed by atoms with E-state index in [1.807, 2.05) is 6.08 Å². The maximum Gasteiger partial charge on any atom is 0.220 e. The van der Waals surface area contributed by atoms with Crippen molar-refractivity contribution in [3.8, 4) is 0 Å². The molecule has 3 rings (SSSR count). The number of hydrogen-bond donors (Lipinski definition) is 12. The molecule has 3 saturated heterocycles. The fourth-order valence-corrected chi connectivity index (χ4v) is 12.7. The van der Waals surface area contributed by atoms with Gasteiger partial charge in [-0.05, 0) is 19.3 Å². The number of hydrogen-bond acceptors (Lipinski definition) is 18. The molecule has 0 aliphatic carbocycles. The van der Waals surface area contributed by atoms with Gasteiger partial charge in [-0.2, -0.15) is 0 Å². The molecule has 0 bridgehead atoms. The quantitative estimate of drug-likeness (QED) is 0.0199. The first-order valence-corrected chi connectivity index (χ1v) is 36.4. The van der Waals surface area contributed by atoms with Crippen LogP contribution in [0.25, 0.3) is 0 Å². The molecule has 19 nitrogen and oxygen atoms in total. The molecular formula is C70H133NO18. The molecule has 12 N–H and O–H groups in total. The van der Waals surface area contributed by atoms with Gasteiger partial charge in [0.2, 0.25) is 5.91 Å². The average Bonchev–Trinajstić information content (AvgIpc) is 2.42. The number of rotatable bonds is 57. The first-order valence-electron chi connectivity index (χ1n) is 36.4. The molecule has 17 unspecified atom stereocenters. The summed E-state index contributed by atoms with van der Waals surface area (Å²) >= 11 is 0. The first-order chi connectivity index (χ1) is 43.3. The Morgan fingerprint density at radius 3 is 1.06 bits per heavy atom. The molecule has 0 spiro atoms. The number of aliphatic hydroxyl groups excluding tert-OH is 11. The fraction of sp³-hybridized carbons (Fsp3) is 0.957. The highest BCUT2D eigenvalue weighted by Crippen LogP contribution is 2.33. The topological polar surface area (TPSA) is 307 Å². The minimum Gasteiger partial charge on any atom is -0.394 e. The number of allylic oxidation sites excluding steroid dienone is 1. The Morgan fingerprint density at radius 2 is 0.697 bits per heavy atom. The van der Waals surface area contributed by atoms with Crippen molar-refractivity contribution in [2.45, 2.75) is 401 Å². The van der Waals surface area contributed by atoms with Crippen molar-refractivity contribution in [2.75, 3.05) is 26.4 Å². The summed E-state index contributed by atoms with van der Waals surface area (Å²) in [6.07, 6.45) is 32.0. The monoisotopic (exact) mass is 1280 g/mol. The lowest BCUT2D eigenvalue weighted by Crippen LogP contribution is -2.66. The highest BCUT2D eigenvalue weighted by atomic mass is 16.8. The summed E-state index contributed by atoms with van der Waals surface area (Å²) in [6.45, 7) is 1.78. The van der Waals surface area contributed by atoms with E-state index in [1.165, 1.54) is 225 Å². The van der Waals surface area contributed by atoms with Gasteiger partial charge in [-0.25, -0.2) is 0 Å². The molecule has 0 aromatic carbocycles. The Morgan fingerprint density at radius 1 is 0.393 bits per heavy atom. The van der Waals surface area contributed by atoms with E-state index in [9.17, 15) is 61.0 Å². The van der Waals surface area contributed by atoms with Gasteiger partial charge in [0.05, 0.1) is 38.6 Å². The van der Waals surface area contributed by atoms with E-state index in [0.29, 0.717) is 6.42 Å². The third-order valence-electron chi connectivity index (χ3n) is 18.6. The van der Waals surface area contributed by atoms with Crippen molar-refractivity contribution >= 4 is 5.91 Å². The number of amides is 1. The highest BCUT2D eigenvalue weighted by molar-refractivity contribution is 5.76. The maximum absolute atomic E-state index is 13.4. The predicted molar refractivity (Wildman–Crippen MR) is 347 cm³/mol. The summed E-state index contributed by atoms with van der Waals surface area (Å²) in [4.78, 5) is 13.4. The summed E-state index contributed by atoms with van der Waals surface area (Å²) in [5.41, 5.74) is 0. The van der Waals surface area contributed by atoms with Crippen molar-refractivity contribution < 1.29 is 89.4 Å². The molecule has 0 radical (unpaired) electrons. The van der Waals surface area contributed by atoms with Gasteiger partial charge in [0.15, 0.2) is 18.9 Å². The largest absolute Gasteiger partial charge is 0.394 e. The van der Waals surface area contributed by atoms with Gasteiger partial charge < -0.3 is 89.9 Å².